The number of benzene rings is 3. The molecule has 0 aliphatic rings. The molecular weight excluding hydrogens is 404 g/mol. The average molecular weight is 418 g/mol. The van der Waals surface area contributed by atoms with Gasteiger partial charge in [0.1, 0.15) is 5.75 Å². The second-order valence-electron chi connectivity index (χ2n) is 5.43. The molecule has 4 nitrogen and oxygen atoms in total. The number of hydrogen-bond donors (Lipinski definition) is 2. The zero-order chi connectivity index (χ0) is 17.8. The third kappa shape index (κ3) is 4.18. The van der Waals surface area contributed by atoms with E-state index in [0.29, 0.717) is 10.6 Å². The van der Waals surface area contributed by atoms with Crippen molar-refractivity contribution in [1.82, 2.24) is 5.43 Å². The minimum absolute atomic E-state index is 0.0429. The molecule has 0 bridgehead atoms. The Morgan fingerprint density at radius 3 is 2.72 bits per heavy atom. The summed E-state index contributed by atoms with van der Waals surface area (Å²) in [5, 5.41) is 16.1. The number of hydrazone groups is 1. The fourth-order valence-electron chi connectivity index (χ4n) is 2.49. The van der Waals surface area contributed by atoms with Crippen LogP contribution < -0.4 is 5.43 Å². The zero-order valence-electron chi connectivity index (χ0n) is 13.0. The Morgan fingerprint density at radius 1 is 1.16 bits per heavy atom. The molecule has 1 amide bonds. The summed E-state index contributed by atoms with van der Waals surface area (Å²) in [6.07, 6.45) is 1.56. The first-order valence-electron chi connectivity index (χ1n) is 7.51. The van der Waals surface area contributed by atoms with Crippen LogP contribution >= 0.6 is 27.5 Å². The van der Waals surface area contributed by atoms with E-state index in [9.17, 15) is 9.90 Å². The molecule has 0 radical (unpaired) electrons. The van der Waals surface area contributed by atoms with E-state index in [-0.39, 0.29) is 18.1 Å². The van der Waals surface area contributed by atoms with Gasteiger partial charge in [-0.15, -0.1) is 0 Å². The number of carbonyl (C=O) groups is 1. The smallest absolute Gasteiger partial charge is 0.244 e. The third-order valence-electron chi connectivity index (χ3n) is 3.69. The van der Waals surface area contributed by atoms with Gasteiger partial charge in [0.05, 0.1) is 12.6 Å². The van der Waals surface area contributed by atoms with Gasteiger partial charge in [0.15, 0.2) is 0 Å². The summed E-state index contributed by atoms with van der Waals surface area (Å²) in [5.41, 5.74) is 3.82. The van der Waals surface area contributed by atoms with Crippen LogP contribution in [0.5, 0.6) is 5.75 Å². The minimum Gasteiger partial charge on any atom is -0.507 e. The molecule has 0 aliphatic carbocycles. The molecule has 3 aromatic rings. The zero-order valence-corrected chi connectivity index (χ0v) is 15.4. The average Bonchev–Trinajstić information content (AvgIpc) is 2.61. The van der Waals surface area contributed by atoms with E-state index in [1.807, 2.05) is 36.4 Å². The summed E-state index contributed by atoms with van der Waals surface area (Å²) in [6.45, 7) is 0. The van der Waals surface area contributed by atoms with E-state index < -0.39 is 0 Å². The van der Waals surface area contributed by atoms with Crippen LogP contribution in [-0.2, 0) is 11.2 Å². The van der Waals surface area contributed by atoms with Crippen molar-refractivity contribution in [2.75, 3.05) is 0 Å². The Labute approximate surface area is 158 Å². The number of nitrogens with zero attached hydrogens (tertiary/aromatic N) is 1. The molecule has 0 fully saturated rings. The number of rotatable bonds is 4. The quantitative estimate of drug-likeness (QED) is 0.479. The van der Waals surface area contributed by atoms with Crippen LogP contribution in [-0.4, -0.2) is 17.2 Å². The van der Waals surface area contributed by atoms with Crippen LogP contribution in [0.1, 0.15) is 11.1 Å². The van der Waals surface area contributed by atoms with Gasteiger partial charge < -0.3 is 5.11 Å². The number of nitrogens with one attached hydrogen (secondary N) is 1. The van der Waals surface area contributed by atoms with Gasteiger partial charge in [0, 0.05) is 15.1 Å². The summed E-state index contributed by atoms with van der Waals surface area (Å²) >= 11 is 9.39. The number of phenols is 1. The molecule has 0 aromatic heterocycles. The van der Waals surface area contributed by atoms with Crippen LogP contribution in [0.25, 0.3) is 10.8 Å². The van der Waals surface area contributed by atoms with Crippen LogP contribution in [0, 0.1) is 0 Å². The summed E-state index contributed by atoms with van der Waals surface area (Å²) in [5.74, 6) is -0.202. The molecule has 3 aromatic carbocycles. The van der Waals surface area contributed by atoms with E-state index >= 15 is 0 Å². The Bertz CT molecular complexity index is 973. The highest BCUT2D eigenvalue weighted by Crippen LogP contribution is 2.27. The fourth-order valence-corrected chi connectivity index (χ4v) is 3.15. The summed E-state index contributed by atoms with van der Waals surface area (Å²) in [7, 11) is 0. The van der Waals surface area contributed by atoms with Crippen LogP contribution in [0.4, 0.5) is 0 Å². The maximum absolute atomic E-state index is 12.2. The van der Waals surface area contributed by atoms with E-state index in [1.54, 1.807) is 12.1 Å². The monoisotopic (exact) mass is 416 g/mol. The number of halogens is 2. The number of hydrogen-bond acceptors (Lipinski definition) is 3. The molecule has 0 aliphatic heterocycles. The topological polar surface area (TPSA) is 61.7 Å². The summed E-state index contributed by atoms with van der Waals surface area (Å²) in [6, 6.07) is 16.3. The number of aromatic hydroxyl groups is 1. The molecule has 2 N–H and O–H groups in total. The molecule has 6 heteroatoms. The molecule has 126 valence electrons. The Balaban J connectivity index is 1.72. The maximum Gasteiger partial charge on any atom is 0.244 e. The number of fused-ring (bicyclic) bond motifs is 1. The SMILES string of the molecule is O=C(Cc1ccc(Br)c2ccccc12)NN=Cc1cc(Cl)ccc1O. The van der Waals surface area contributed by atoms with Crippen LogP contribution in [0.3, 0.4) is 0 Å². The molecule has 0 spiro atoms. The van der Waals surface area contributed by atoms with Gasteiger partial charge >= 0.3 is 0 Å². The van der Waals surface area contributed by atoms with Crippen molar-refractivity contribution in [2.45, 2.75) is 6.42 Å². The predicted molar refractivity (Wildman–Crippen MR) is 104 cm³/mol. The lowest BCUT2D eigenvalue weighted by Crippen LogP contribution is -2.19. The van der Waals surface area contributed by atoms with Crippen molar-refractivity contribution in [3.8, 4) is 5.75 Å². The predicted octanol–water partition coefficient (Wildman–Crippen LogP) is 4.65. The van der Waals surface area contributed by atoms with Crippen molar-refractivity contribution < 1.29 is 9.90 Å². The highest BCUT2D eigenvalue weighted by Gasteiger charge is 2.08. The van der Waals surface area contributed by atoms with Crippen molar-refractivity contribution in [1.29, 1.82) is 0 Å². The van der Waals surface area contributed by atoms with Gasteiger partial charge in [-0.3, -0.25) is 4.79 Å². The standard InChI is InChI=1S/C19H14BrClN2O2/c20-17-7-5-12(15-3-1-2-4-16(15)17)10-19(25)23-22-11-13-9-14(21)6-8-18(13)24/h1-9,11,24H,10H2,(H,23,25). The fraction of sp³-hybridized carbons (Fsp3) is 0.0526. The largest absolute Gasteiger partial charge is 0.507 e. The van der Waals surface area contributed by atoms with Gasteiger partial charge in [-0.1, -0.05) is 57.9 Å². The Kier molecular flexibility index (Phi) is 5.36. The summed E-state index contributed by atoms with van der Waals surface area (Å²) in [4.78, 5) is 12.2. The highest BCUT2D eigenvalue weighted by atomic mass is 79.9. The molecule has 0 unspecified atom stereocenters. The maximum atomic E-state index is 12.2. The first kappa shape index (κ1) is 17.5. The van der Waals surface area contributed by atoms with Crippen molar-refractivity contribution in [3.63, 3.8) is 0 Å². The molecule has 3 rings (SSSR count). The summed E-state index contributed by atoms with van der Waals surface area (Å²) < 4.78 is 0.988. The van der Waals surface area contributed by atoms with Crippen LogP contribution in [0.15, 0.2) is 64.2 Å². The first-order chi connectivity index (χ1) is 12.0. The van der Waals surface area contributed by atoms with Crippen molar-refractivity contribution in [3.05, 3.63) is 75.2 Å². The normalized spacial score (nSPS) is 11.1. The van der Waals surface area contributed by atoms with E-state index in [4.69, 9.17) is 11.6 Å². The molecule has 0 saturated heterocycles. The van der Waals surface area contributed by atoms with E-state index in [0.717, 1.165) is 20.8 Å². The first-order valence-corrected chi connectivity index (χ1v) is 8.68. The van der Waals surface area contributed by atoms with Crippen molar-refractivity contribution >= 4 is 50.4 Å². The second kappa shape index (κ2) is 7.68. The lowest BCUT2D eigenvalue weighted by molar-refractivity contribution is -0.120. The van der Waals surface area contributed by atoms with E-state index in [1.165, 1.54) is 12.3 Å². The van der Waals surface area contributed by atoms with Gasteiger partial charge in [0.25, 0.3) is 0 Å². The number of phenolic OH excluding ortho intramolecular Hbond substituents is 1. The highest BCUT2D eigenvalue weighted by molar-refractivity contribution is 9.10. The van der Waals surface area contributed by atoms with Gasteiger partial charge in [0.2, 0.25) is 5.91 Å². The van der Waals surface area contributed by atoms with Crippen molar-refractivity contribution in [2.24, 2.45) is 5.10 Å². The van der Waals surface area contributed by atoms with Crippen LogP contribution in [0.2, 0.25) is 5.02 Å². The van der Waals surface area contributed by atoms with Gasteiger partial charge in [-0.25, -0.2) is 5.43 Å². The third-order valence-corrected chi connectivity index (χ3v) is 4.62. The molecular formula is C19H14BrClN2O2. The molecule has 25 heavy (non-hydrogen) atoms. The minimum atomic E-state index is -0.245. The number of amides is 1. The molecule has 0 atom stereocenters. The number of carbonyl (C=O) groups excluding carboxylic acids is 1. The molecule has 0 saturated carbocycles. The van der Waals surface area contributed by atoms with Gasteiger partial charge in [-0.2, -0.15) is 5.10 Å². The van der Waals surface area contributed by atoms with Gasteiger partial charge in [-0.05, 0) is 40.6 Å². The van der Waals surface area contributed by atoms with E-state index in [2.05, 4.69) is 26.5 Å². The Morgan fingerprint density at radius 2 is 1.92 bits per heavy atom. The Hall–Kier alpha value is -2.37. The lowest BCUT2D eigenvalue weighted by atomic mass is 10.0. The molecule has 0 heterocycles. The second-order valence-corrected chi connectivity index (χ2v) is 6.72. The lowest BCUT2D eigenvalue weighted by Gasteiger charge is -2.07.